The third kappa shape index (κ3) is 4.39. The number of hydrogen-bond donors (Lipinski definition) is 0. The summed E-state index contributed by atoms with van der Waals surface area (Å²) < 4.78 is 0. The second-order valence-electron chi connectivity index (χ2n) is 5.10. The summed E-state index contributed by atoms with van der Waals surface area (Å²) in [5, 5.41) is 0. The highest BCUT2D eigenvalue weighted by Gasteiger charge is 2.16. The molecule has 0 saturated heterocycles. The number of ketones is 1. The molecule has 0 spiro atoms. The number of aryl methyl sites for hydroxylation is 1. The van der Waals surface area contributed by atoms with Crippen molar-refractivity contribution in [2.45, 2.75) is 26.0 Å². The van der Waals surface area contributed by atoms with Gasteiger partial charge in [-0.3, -0.25) is 4.79 Å². The van der Waals surface area contributed by atoms with Crippen molar-refractivity contribution in [3.63, 3.8) is 0 Å². The van der Waals surface area contributed by atoms with Gasteiger partial charge in [0, 0.05) is 11.7 Å². The average Bonchev–Trinajstić information content (AvgIpc) is 2.38. The van der Waals surface area contributed by atoms with E-state index in [9.17, 15) is 4.79 Å². The molecule has 0 heterocycles. The molecule has 1 aromatic carbocycles. The fraction of sp³-hybridized carbons (Fsp3) is 0.353. The molecule has 1 unspecified atom stereocenters. The normalized spacial score (nSPS) is 18.2. The molecule has 1 aliphatic carbocycles. The number of carbonyl (C=O) groups is 1. The molecule has 2 rings (SSSR count). The minimum Gasteiger partial charge on any atom is -0.298 e. The monoisotopic (exact) mass is 272 g/mol. The molecule has 1 nitrogen and oxygen atoms in total. The topological polar surface area (TPSA) is 17.1 Å². The number of rotatable bonds is 5. The first-order chi connectivity index (χ1) is 9.15. The highest BCUT2D eigenvalue weighted by molar-refractivity contribution is 7.99. The van der Waals surface area contributed by atoms with Gasteiger partial charge in [0.2, 0.25) is 0 Å². The molecule has 2 heteroatoms. The molecule has 0 fully saturated rings. The number of hydrogen-bond acceptors (Lipinski definition) is 2. The highest BCUT2D eigenvalue weighted by atomic mass is 32.2. The van der Waals surface area contributed by atoms with Crippen LogP contribution in [0.2, 0.25) is 0 Å². The Kier molecular flexibility index (Phi) is 5.03. The maximum absolute atomic E-state index is 12.1. The minimum atomic E-state index is 0.0926. The van der Waals surface area contributed by atoms with Crippen LogP contribution in [-0.4, -0.2) is 11.5 Å². The van der Waals surface area contributed by atoms with Gasteiger partial charge in [-0.05, 0) is 25.8 Å². The van der Waals surface area contributed by atoms with Crippen LogP contribution >= 0.6 is 11.8 Å². The van der Waals surface area contributed by atoms with Crippen LogP contribution in [0.15, 0.2) is 48.1 Å². The van der Waals surface area contributed by atoms with Gasteiger partial charge in [0.25, 0.3) is 0 Å². The number of carbonyl (C=O) groups excluding carboxylic acids is 1. The van der Waals surface area contributed by atoms with E-state index in [2.05, 4.69) is 56.3 Å². The van der Waals surface area contributed by atoms with E-state index in [1.165, 1.54) is 16.7 Å². The Bertz CT molecular complexity index is 514. The Hall–Kier alpha value is -1.28. The van der Waals surface area contributed by atoms with Crippen molar-refractivity contribution in [3.05, 3.63) is 59.2 Å². The SMILES string of the molecule is CC1=CC(C(=O)CSCc2cccc(C)c2)CC=C1. The molecule has 1 aromatic rings. The van der Waals surface area contributed by atoms with Crippen molar-refractivity contribution in [1.82, 2.24) is 0 Å². The summed E-state index contributed by atoms with van der Waals surface area (Å²) in [6, 6.07) is 8.48. The fourth-order valence-electron chi connectivity index (χ4n) is 2.24. The number of allylic oxidation sites excluding steroid dienone is 4. The Balaban J connectivity index is 1.80. The average molecular weight is 272 g/mol. The van der Waals surface area contributed by atoms with Gasteiger partial charge in [0.15, 0.2) is 0 Å². The van der Waals surface area contributed by atoms with E-state index in [1.54, 1.807) is 11.8 Å². The van der Waals surface area contributed by atoms with E-state index in [0.29, 0.717) is 11.5 Å². The maximum atomic E-state index is 12.1. The lowest BCUT2D eigenvalue weighted by Gasteiger charge is -2.13. The van der Waals surface area contributed by atoms with Gasteiger partial charge in [-0.25, -0.2) is 0 Å². The first kappa shape index (κ1) is 14.1. The van der Waals surface area contributed by atoms with E-state index in [1.807, 2.05) is 0 Å². The Morgan fingerprint density at radius 1 is 1.37 bits per heavy atom. The summed E-state index contributed by atoms with van der Waals surface area (Å²) in [7, 11) is 0. The van der Waals surface area contributed by atoms with Crippen LogP contribution in [0.4, 0.5) is 0 Å². The minimum absolute atomic E-state index is 0.0926. The van der Waals surface area contributed by atoms with Crippen molar-refractivity contribution in [1.29, 1.82) is 0 Å². The molecule has 0 aromatic heterocycles. The first-order valence-corrected chi connectivity index (χ1v) is 7.81. The van der Waals surface area contributed by atoms with Crippen molar-refractivity contribution in [3.8, 4) is 0 Å². The van der Waals surface area contributed by atoms with E-state index >= 15 is 0 Å². The molecule has 1 aliphatic rings. The zero-order valence-electron chi connectivity index (χ0n) is 11.6. The Morgan fingerprint density at radius 2 is 2.21 bits per heavy atom. The zero-order valence-corrected chi connectivity index (χ0v) is 12.4. The van der Waals surface area contributed by atoms with Gasteiger partial charge in [-0.2, -0.15) is 0 Å². The molecule has 0 saturated carbocycles. The second-order valence-corrected chi connectivity index (χ2v) is 6.09. The van der Waals surface area contributed by atoms with Crippen LogP contribution < -0.4 is 0 Å². The standard InChI is InChI=1S/C17H20OS/c1-13-5-3-7-15(9-13)11-19-12-17(18)16-8-4-6-14(2)10-16/h3-7,9-10,16H,8,11-12H2,1-2H3. The highest BCUT2D eigenvalue weighted by Crippen LogP contribution is 2.20. The van der Waals surface area contributed by atoms with Gasteiger partial charge >= 0.3 is 0 Å². The van der Waals surface area contributed by atoms with Gasteiger partial charge in [-0.15, -0.1) is 11.8 Å². The molecule has 1 atom stereocenters. The summed E-state index contributed by atoms with van der Waals surface area (Å²) in [5.41, 5.74) is 3.78. The predicted octanol–water partition coefficient (Wildman–Crippen LogP) is 4.32. The summed E-state index contributed by atoms with van der Waals surface area (Å²) in [6.07, 6.45) is 7.14. The molecular formula is C17H20OS. The quantitative estimate of drug-likeness (QED) is 0.794. The lowest BCUT2D eigenvalue weighted by molar-refractivity contribution is -0.118. The smallest absolute Gasteiger partial charge is 0.149 e. The molecule has 0 bridgehead atoms. The van der Waals surface area contributed by atoms with Crippen LogP contribution in [0.3, 0.4) is 0 Å². The van der Waals surface area contributed by atoms with Gasteiger partial charge < -0.3 is 0 Å². The van der Waals surface area contributed by atoms with Crippen LogP contribution in [0.25, 0.3) is 0 Å². The van der Waals surface area contributed by atoms with Crippen molar-refractivity contribution in [2.24, 2.45) is 5.92 Å². The molecular weight excluding hydrogens is 252 g/mol. The summed E-state index contributed by atoms with van der Waals surface area (Å²) in [5.74, 6) is 1.96. The lowest BCUT2D eigenvalue weighted by atomic mass is 9.94. The fourth-order valence-corrected chi connectivity index (χ4v) is 3.18. The molecule has 0 aliphatic heterocycles. The molecule has 100 valence electrons. The third-order valence-corrected chi connectivity index (χ3v) is 4.27. The Labute approximate surface area is 119 Å². The van der Waals surface area contributed by atoms with Crippen molar-refractivity contribution >= 4 is 17.5 Å². The molecule has 0 amide bonds. The third-order valence-electron chi connectivity index (χ3n) is 3.24. The van der Waals surface area contributed by atoms with Gasteiger partial charge in [0.1, 0.15) is 5.78 Å². The van der Waals surface area contributed by atoms with E-state index in [0.717, 1.165) is 12.2 Å². The number of Topliss-reactive ketones (excluding diaryl/α,β-unsaturated/α-hetero) is 1. The van der Waals surface area contributed by atoms with Crippen molar-refractivity contribution < 1.29 is 4.79 Å². The summed E-state index contributed by atoms with van der Waals surface area (Å²) in [4.78, 5) is 12.1. The van der Waals surface area contributed by atoms with E-state index in [-0.39, 0.29) is 5.92 Å². The van der Waals surface area contributed by atoms with Gasteiger partial charge in [0.05, 0.1) is 5.75 Å². The van der Waals surface area contributed by atoms with Crippen molar-refractivity contribution in [2.75, 3.05) is 5.75 Å². The maximum Gasteiger partial charge on any atom is 0.149 e. The Morgan fingerprint density at radius 3 is 2.95 bits per heavy atom. The first-order valence-electron chi connectivity index (χ1n) is 6.66. The van der Waals surface area contributed by atoms with E-state index in [4.69, 9.17) is 0 Å². The molecule has 0 radical (unpaired) electrons. The largest absolute Gasteiger partial charge is 0.298 e. The number of thioether (sulfide) groups is 1. The lowest BCUT2D eigenvalue weighted by Crippen LogP contribution is -2.16. The van der Waals surface area contributed by atoms with Crippen LogP contribution in [0, 0.1) is 12.8 Å². The van der Waals surface area contributed by atoms with E-state index < -0.39 is 0 Å². The number of benzene rings is 1. The molecule has 0 N–H and O–H groups in total. The van der Waals surface area contributed by atoms with Crippen LogP contribution in [-0.2, 0) is 10.5 Å². The zero-order chi connectivity index (χ0) is 13.7. The van der Waals surface area contributed by atoms with Crippen LogP contribution in [0.5, 0.6) is 0 Å². The van der Waals surface area contributed by atoms with Crippen LogP contribution in [0.1, 0.15) is 24.5 Å². The molecule has 19 heavy (non-hydrogen) atoms. The van der Waals surface area contributed by atoms with Gasteiger partial charge in [-0.1, -0.05) is 53.6 Å². The second kappa shape index (κ2) is 6.76. The summed E-state index contributed by atoms with van der Waals surface area (Å²) >= 11 is 1.72. The predicted molar refractivity (Wildman–Crippen MR) is 83.4 cm³/mol. The summed E-state index contributed by atoms with van der Waals surface area (Å²) in [6.45, 7) is 4.15.